The molecule has 6 N–H and O–H groups in total. The Balaban J connectivity index is 0. The summed E-state index contributed by atoms with van der Waals surface area (Å²) in [4.78, 5) is 0. The van der Waals surface area contributed by atoms with E-state index in [0.29, 0.717) is 0 Å². The maximum Gasteiger partial charge on any atom is 3.00 e. The predicted molar refractivity (Wildman–Crippen MR) is 23.1 cm³/mol. The van der Waals surface area contributed by atoms with Crippen LogP contribution in [0.3, 0.4) is 0 Å². The van der Waals surface area contributed by atoms with Crippen LogP contribution >= 0.6 is 0 Å². The Morgan fingerprint density at radius 3 is 0.375 bits per heavy atom. The average molecular weight is 153 g/mol. The van der Waals surface area contributed by atoms with Gasteiger partial charge in [-0.2, -0.15) is 0 Å². The van der Waals surface area contributed by atoms with Crippen LogP contribution < -0.4 is 0 Å². The van der Waals surface area contributed by atoms with E-state index < -0.39 is 0 Å². The molecule has 0 aliphatic carbocycles. The van der Waals surface area contributed by atoms with Gasteiger partial charge in [0.2, 0.25) is 0 Å². The van der Waals surface area contributed by atoms with Crippen molar-refractivity contribution in [1.82, 2.24) is 0 Å². The summed E-state index contributed by atoms with van der Waals surface area (Å²) in [6.45, 7) is 0. The standard InChI is InChI=1S/Al.Mg.6H2O/h;;6*1H2/q+3;+2;;;;;;/p-6. The van der Waals surface area contributed by atoms with Gasteiger partial charge in [0.25, 0.3) is 0 Å². The Kier molecular flexibility index (Phi) is 23500. The number of hydrogen-bond donors (Lipinski definition) is 0. The van der Waals surface area contributed by atoms with Gasteiger partial charge in [0, 0.05) is 0 Å². The van der Waals surface area contributed by atoms with E-state index in [1.807, 2.05) is 0 Å². The van der Waals surface area contributed by atoms with Gasteiger partial charge < -0.3 is 32.9 Å². The van der Waals surface area contributed by atoms with Crippen molar-refractivity contribution >= 4 is 40.4 Å². The first-order chi connectivity index (χ1) is 0. The van der Waals surface area contributed by atoms with E-state index in [1.54, 1.807) is 0 Å². The molecule has 0 rings (SSSR count). The molecule has 0 aliphatic heterocycles. The van der Waals surface area contributed by atoms with Gasteiger partial charge in [-0.15, -0.1) is 0 Å². The SMILES string of the molecule is [Al+3].[Mg+2].[OH-].[OH-].[OH-].[OH-].[OH-].[OH-]. The largest absolute Gasteiger partial charge is 3.00 e. The first kappa shape index (κ1) is 525. The van der Waals surface area contributed by atoms with Gasteiger partial charge in [-0.25, -0.2) is 0 Å². The zero-order valence-corrected chi connectivity index (χ0v) is 6.54. The van der Waals surface area contributed by atoms with Crippen LogP contribution in [0.15, 0.2) is 0 Å². The molecule has 8 heavy (non-hydrogen) atoms. The molecule has 0 unspecified atom stereocenters. The maximum absolute atomic E-state index is 0. The molecule has 6 nitrogen and oxygen atoms in total. The Bertz CT molecular complexity index is 8.49. The summed E-state index contributed by atoms with van der Waals surface area (Å²) < 4.78 is 0. The molecule has 0 heterocycles. The minimum absolute atomic E-state index is 0. The molecule has 0 fully saturated rings. The molecular weight excluding hydrogens is 147 g/mol. The second kappa shape index (κ2) is 358. The van der Waals surface area contributed by atoms with Crippen LogP contribution in [0.5, 0.6) is 0 Å². The van der Waals surface area contributed by atoms with Crippen LogP contribution in [-0.4, -0.2) is 73.3 Å². The first-order valence-corrected chi connectivity index (χ1v) is 0. The van der Waals surface area contributed by atoms with Crippen molar-refractivity contribution in [3.63, 3.8) is 0 Å². The Morgan fingerprint density at radius 1 is 0.375 bits per heavy atom. The van der Waals surface area contributed by atoms with Crippen molar-refractivity contribution in [2.75, 3.05) is 0 Å². The fraction of sp³-hybridized carbons (Fsp3) is 0. The van der Waals surface area contributed by atoms with E-state index in [2.05, 4.69) is 0 Å². The third kappa shape index (κ3) is 231. The summed E-state index contributed by atoms with van der Waals surface area (Å²) >= 11 is 0. The van der Waals surface area contributed by atoms with Crippen molar-refractivity contribution in [3.05, 3.63) is 0 Å². The minimum Gasteiger partial charge on any atom is -0.870 e. The maximum atomic E-state index is 0. The smallest absolute Gasteiger partial charge is 0.870 e. The molecule has 0 aromatic heterocycles. The van der Waals surface area contributed by atoms with Crippen LogP contribution in [0.1, 0.15) is 0 Å². The number of hydrogen-bond acceptors (Lipinski definition) is 6. The van der Waals surface area contributed by atoms with Gasteiger partial charge in [-0.3, -0.25) is 0 Å². The fourth-order valence-electron chi connectivity index (χ4n) is 0. The van der Waals surface area contributed by atoms with Crippen molar-refractivity contribution in [2.45, 2.75) is 0 Å². The topological polar surface area (TPSA) is 180 Å². The van der Waals surface area contributed by atoms with Crippen molar-refractivity contribution in [2.24, 2.45) is 0 Å². The van der Waals surface area contributed by atoms with Crippen molar-refractivity contribution < 1.29 is 32.9 Å². The minimum atomic E-state index is 0. The molecule has 0 radical (unpaired) electrons. The average Bonchev–Trinajstić information content (AvgIpc) is 0. The van der Waals surface area contributed by atoms with Crippen LogP contribution in [0.25, 0.3) is 0 Å². The molecule has 0 saturated heterocycles. The van der Waals surface area contributed by atoms with Gasteiger partial charge >= 0.3 is 40.4 Å². The zero-order chi connectivity index (χ0) is 0. The van der Waals surface area contributed by atoms with Crippen molar-refractivity contribution in [3.8, 4) is 0 Å². The molecule has 0 aromatic carbocycles. The van der Waals surface area contributed by atoms with Crippen molar-refractivity contribution in [1.29, 1.82) is 0 Å². The van der Waals surface area contributed by atoms with Crippen LogP contribution in [0, 0.1) is 0 Å². The number of rotatable bonds is 0. The summed E-state index contributed by atoms with van der Waals surface area (Å²) in [5.74, 6) is 0. The normalized spacial score (nSPS) is 0. The molecule has 0 aromatic rings. The van der Waals surface area contributed by atoms with E-state index >= 15 is 0 Å². The molecule has 0 aliphatic rings. The zero-order valence-electron chi connectivity index (χ0n) is 3.97. The molecule has 0 amide bonds. The monoisotopic (exact) mass is 153 g/mol. The molecular formula is H6AlMgO6-. The summed E-state index contributed by atoms with van der Waals surface area (Å²) in [6, 6.07) is 0. The molecule has 8 heteroatoms. The van der Waals surface area contributed by atoms with Gasteiger partial charge in [0.05, 0.1) is 0 Å². The first-order valence-electron chi connectivity index (χ1n) is 0. The summed E-state index contributed by atoms with van der Waals surface area (Å²) in [5.41, 5.74) is 0. The second-order valence-corrected chi connectivity index (χ2v) is 0. The fourth-order valence-corrected chi connectivity index (χ4v) is 0. The van der Waals surface area contributed by atoms with Crippen LogP contribution in [0.2, 0.25) is 0 Å². The molecule has 0 atom stereocenters. The second-order valence-electron chi connectivity index (χ2n) is 0. The molecule has 0 saturated carbocycles. The Labute approximate surface area is 73.4 Å². The predicted octanol–water partition coefficient (Wildman–Crippen LogP) is -1.82. The van der Waals surface area contributed by atoms with E-state index in [-0.39, 0.29) is 73.3 Å². The Hall–Kier alpha value is 1.06. The molecule has 0 bridgehead atoms. The van der Waals surface area contributed by atoms with E-state index in [1.165, 1.54) is 0 Å². The molecule has 0 spiro atoms. The van der Waals surface area contributed by atoms with Gasteiger partial charge in [-0.05, 0) is 0 Å². The summed E-state index contributed by atoms with van der Waals surface area (Å²) in [7, 11) is 0. The van der Waals surface area contributed by atoms with E-state index in [4.69, 9.17) is 0 Å². The van der Waals surface area contributed by atoms with Crippen LogP contribution in [0.4, 0.5) is 0 Å². The summed E-state index contributed by atoms with van der Waals surface area (Å²) in [5, 5.41) is 0. The Morgan fingerprint density at radius 2 is 0.375 bits per heavy atom. The molecule has 48 valence electrons. The van der Waals surface area contributed by atoms with Gasteiger partial charge in [0.15, 0.2) is 0 Å². The van der Waals surface area contributed by atoms with E-state index in [9.17, 15) is 0 Å². The third-order valence-corrected chi connectivity index (χ3v) is 0. The van der Waals surface area contributed by atoms with Crippen LogP contribution in [-0.2, 0) is 0 Å². The van der Waals surface area contributed by atoms with Gasteiger partial charge in [0.1, 0.15) is 0 Å². The van der Waals surface area contributed by atoms with E-state index in [0.717, 1.165) is 0 Å². The summed E-state index contributed by atoms with van der Waals surface area (Å²) in [6.07, 6.45) is 0. The third-order valence-electron chi connectivity index (χ3n) is 0. The quantitative estimate of drug-likeness (QED) is 0.369. The van der Waals surface area contributed by atoms with Gasteiger partial charge in [-0.1, -0.05) is 0 Å².